The Balaban J connectivity index is 1.85. The first-order valence-corrected chi connectivity index (χ1v) is 8.97. The van der Waals surface area contributed by atoms with E-state index in [0.29, 0.717) is 0 Å². The van der Waals surface area contributed by atoms with Crippen molar-refractivity contribution in [2.45, 2.75) is 24.9 Å². The third-order valence-electron chi connectivity index (χ3n) is 3.56. The maximum Gasteiger partial charge on any atom is 0.418 e. The number of halogens is 3. The van der Waals surface area contributed by atoms with Gasteiger partial charge in [-0.15, -0.1) is 11.8 Å². The van der Waals surface area contributed by atoms with Crippen molar-refractivity contribution in [2.75, 3.05) is 17.7 Å². The fourth-order valence-corrected chi connectivity index (χ4v) is 3.13. The number of rotatable bonds is 6. The van der Waals surface area contributed by atoms with Crippen LogP contribution in [0.15, 0.2) is 47.4 Å². The molecule has 0 bridgehead atoms. The van der Waals surface area contributed by atoms with Gasteiger partial charge in [-0.1, -0.05) is 29.8 Å². The third kappa shape index (κ3) is 6.32. The molecule has 0 aromatic heterocycles. The van der Waals surface area contributed by atoms with Crippen LogP contribution < -0.4 is 5.32 Å². The van der Waals surface area contributed by atoms with Gasteiger partial charge in [-0.3, -0.25) is 9.59 Å². The van der Waals surface area contributed by atoms with Crippen LogP contribution in [0.5, 0.6) is 0 Å². The number of carbonyl (C=O) groups excluding carboxylic acids is 2. The van der Waals surface area contributed by atoms with E-state index in [2.05, 4.69) is 5.32 Å². The molecule has 144 valence electrons. The van der Waals surface area contributed by atoms with Crippen LogP contribution in [0.1, 0.15) is 16.7 Å². The number of alkyl halides is 3. The molecule has 0 atom stereocenters. The molecule has 4 nitrogen and oxygen atoms in total. The van der Waals surface area contributed by atoms with Crippen molar-refractivity contribution in [1.29, 1.82) is 0 Å². The highest BCUT2D eigenvalue weighted by Gasteiger charge is 2.33. The zero-order valence-electron chi connectivity index (χ0n) is 14.7. The maximum atomic E-state index is 12.9. The molecule has 2 rings (SSSR count). The lowest BCUT2D eigenvalue weighted by Crippen LogP contribution is -2.23. The van der Waals surface area contributed by atoms with Crippen LogP contribution in [0.25, 0.3) is 0 Å². The second-order valence-corrected chi connectivity index (χ2v) is 6.83. The van der Waals surface area contributed by atoms with Crippen LogP contribution in [-0.4, -0.2) is 24.2 Å². The first kappa shape index (κ1) is 20.8. The fourth-order valence-electron chi connectivity index (χ4n) is 2.21. The van der Waals surface area contributed by atoms with Crippen molar-refractivity contribution in [3.8, 4) is 0 Å². The first-order chi connectivity index (χ1) is 12.7. The molecule has 27 heavy (non-hydrogen) atoms. The van der Waals surface area contributed by atoms with E-state index in [-0.39, 0.29) is 11.4 Å². The van der Waals surface area contributed by atoms with Crippen LogP contribution in [0, 0.1) is 13.8 Å². The molecule has 1 amide bonds. The average Bonchev–Trinajstić information content (AvgIpc) is 2.60. The van der Waals surface area contributed by atoms with E-state index >= 15 is 0 Å². The number of benzene rings is 2. The second-order valence-electron chi connectivity index (χ2n) is 5.81. The number of ether oxygens (including phenoxy) is 1. The monoisotopic (exact) mass is 397 g/mol. The zero-order valence-corrected chi connectivity index (χ0v) is 15.5. The Bertz CT molecular complexity index is 837. The summed E-state index contributed by atoms with van der Waals surface area (Å²) in [5.41, 5.74) is 0.727. The highest BCUT2D eigenvalue weighted by Crippen LogP contribution is 2.34. The van der Waals surface area contributed by atoms with Gasteiger partial charge in [0.1, 0.15) is 0 Å². The van der Waals surface area contributed by atoms with Crippen molar-refractivity contribution in [1.82, 2.24) is 0 Å². The number of anilines is 1. The van der Waals surface area contributed by atoms with Crippen LogP contribution in [0.3, 0.4) is 0 Å². The Morgan fingerprint density at radius 2 is 1.81 bits per heavy atom. The van der Waals surface area contributed by atoms with E-state index in [9.17, 15) is 22.8 Å². The molecular formula is C19H18F3NO3S. The minimum atomic E-state index is -4.59. The zero-order chi connectivity index (χ0) is 20.0. The molecule has 2 aromatic carbocycles. The lowest BCUT2D eigenvalue weighted by Gasteiger charge is -2.13. The summed E-state index contributed by atoms with van der Waals surface area (Å²) in [6.07, 6.45) is -4.59. The molecule has 0 aliphatic carbocycles. The SMILES string of the molecule is Cc1ccc(C)c(SCC(=O)OCC(=O)Nc2ccccc2C(F)(F)F)c1. The Labute approximate surface area is 159 Å². The number of esters is 1. The van der Waals surface area contributed by atoms with Gasteiger partial charge >= 0.3 is 12.1 Å². The number of amides is 1. The molecule has 0 aliphatic rings. The summed E-state index contributed by atoms with van der Waals surface area (Å²) in [7, 11) is 0. The van der Waals surface area contributed by atoms with Gasteiger partial charge in [0.05, 0.1) is 17.0 Å². The van der Waals surface area contributed by atoms with Crippen molar-refractivity contribution >= 4 is 29.3 Å². The summed E-state index contributed by atoms with van der Waals surface area (Å²) in [6, 6.07) is 10.4. The van der Waals surface area contributed by atoms with Gasteiger partial charge in [0.2, 0.25) is 0 Å². The standard InChI is InChI=1S/C19H18F3NO3S/c1-12-7-8-13(2)16(9-12)27-11-18(25)26-10-17(24)23-15-6-4-3-5-14(15)19(20,21)22/h3-9H,10-11H2,1-2H3,(H,23,24). The minimum Gasteiger partial charge on any atom is -0.455 e. The molecule has 0 fully saturated rings. The van der Waals surface area contributed by atoms with Gasteiger partial charge in [-0.05, 0) is 37.6 Å². The summed E-state index contributed by atoms with van der Waals surface area (Å²) in [6.45, 7) is 3.20. The van der Waals surface area contributed by atoms with E-state index in [1.807, 2.05) is 32.0 Å². The van der Waals surface area contributed by atoms with Crippen LogP contribution in [-0.2, 0) is 20.5 Å². The normalized spacial score (nSPS) is 11.1. The van der Waals surface area contributed by atoms with Gasteiger partial charge in [0.25, 0.3) is 5.91 Å². The molecule has 8 heteroatoms. The lowest BCUT2D eigenvalue weighted by atomic mass is 10.1. The van der Waals surface area contributed by atoms with Crippen molar-refractivity contribution < 1.29 is 27.5 Å². The molecule has 2 aromatic rings. The molecule has 0 heterocycles. The molecule has 0 saturated heterocycles. The maximum absolute atomic E-state index is 12.9. The lowest BCUT2D eigenvalue weighted by molar-refractivity contribution is -0.144. The second kappa shape index (κ2) is 8.94. The number of para-hydroxylation sites is 1. The molecule has 0 saturated carbocycles. The van der Waals surface area contributed by atoms with E-state index in [1.54, 1.807) is 0 Å². The van der Waals surface area contributed by atoms with Crippen molar-refractivity contribution in [3.05, 3.63) is 59.2 Å². The summed E-state index contributed by atoms with van der Waals surface area (Å²) in [5.74, 6) is -1.46. The Kier molecular flexibility index (Phi) is 6.90. The number of thioether (sulfide) groups is 1. The Morgan fingerprint density at radius 3 is 2.52 bits per heavy atom. The Morgan fingerprint density at radius 1 is 1.11 bits per heavy atom. The van der Waals surface area contributed by atoms with Gasteiger partial charge in [-0.2, -0.15) is 13.2 Å². The number of carbonyl (C=O) groups is 2. The number of hydrogen-bond acceptors (Lipinski definition) is 4. The Hall–Kier alpha value is -2.48. The van der Waals surface area contributed by atoms with Gasteiger partial charge < -0.3 is 10.1 Å². The average molecular weight is 397 g/mol. The fraction of sp³-hybridized carbons (Fsp3) is 0.263. The van der Waals surface area contributed by atoms with Crippen LogP contribution in [0.4, 0.5) is 18.9 Å². The highest BCUT2D eigenvalue weighted by molar-refractivity contribution is 8.00. The number of hydrogen-bond donors (Lipinski definition) is 1. The highest BCUT2D eigenvalue weighted by atomic mass is 32.2. The quantitative estimate of drug-likeness (QED) is 0.572. The predicted molar refractivity (Wildman–Crippen MR) is 97.7 cm³/mol. The molecular weight excluding hydrogens is 379 g/mol. The van der Waals surface area contributed by atoms with Gasteiger partial charge in [-0.25, -0.2) is 0 Å². The van der Waals surface area contributed by atoms with E-state index in [4.69, 9.17) is 4.74 Å². The third-order valence-corrected chi connectivity index (χ3v) is 4.69. The van der Waals surface area contributed by atoms with E-state index < -0.39 is 30.2 Å². The molecule has 0 unspecified atom stereocenters. The molecule has 0 aliphatic heterocycles. The number of aryl methyl sites for hydroxylation is 2. The van der Waals surface area contributed by atoms with E-state index in [0.717, 1.165) is 28.2 Å². The summed E-state index contributed by atoms with van der Waals surface area (Å²) in [4.78, 5) is 24.5. The molecule has 0 spiro atoms. The van der Waals surface area contributed by atoms with Crippen LogP contribution in [0.2, 0.25) is 0 Å². The largest absolute Gasteiger partial charge is 0.455 e. The number of nitrogens with one attached hydrogen (secondary N) is 1. The first-order valence-electron chi connectivity index (χ1n) is 7.98. The summed E-state index contributed by atoms with van der Waals surface area (Å²) >= 11 is 1.28. The molecule has 0 radical (unpaired) electrons. The van der Waals surface area contributed by atoms with Gasteiger partial charge in [0, 0.05) is 4.90 Å². The van der Waals surface area contributed by atoms with Crippen molar-refractivity contribution in [3.63, 3.8) is 0 Å². The topological polar surface area (TPSA) is 55.4 Å². The molecule has 1 N–H and O–H groups in total. The van der Waals surface area contributed by atoms with Crippen LogP contribution >= 0.6 is 11.8 Å². The van der Waals surface area contributed by atoms with Crippen molar-refractivity contribution in [2.24, 2.45) is 0 Å². The smallest absolute Gasteiger partial charge is 0.418 e. The van der Waals surface area contributed by atoms with Gasteiger partial charge in [0.15, 0.2) is 6.61 Å². The summed E-state index contributed by atoms with van der Waals surface area (Å²) < 4.78 is 43.5. The predicted octanol–water partition coefficient (Wildman–Crippen LogP) is 4.60. The summed E-state index contributed by atoms with van der Waals surface area (Å²) in [5, 5.41) is 2.12. The van der Waals surface area contributed by atoms with E-state index in [1.165, 1.54) is 23.9 Å². The minimum absolute atomic E-state index is 0.00326.